The average Bonchev–Trinajstić information content (AvgIpc) is 2.28. The Kier molecular flexibility index (Phi) is 6.11. The normalized spacial score (nSPS) is 15.2. The third kappa shape index (κ3) is 7.71. The minimum Gasteiger partial charge on any atom is -0.383 e. The van der Waals surface area contributed by atoms with Gasteiger partial charge in [0.05, 0.1) is 27.3 Å². The molecule has 0 saturated heterocycles. The van der Waals surface area contributed by atoms with Crippen LogP contribution in [0.4, 0.5) is 5.82 Å². The molecule has 0 saturated carbocycles. The minimum absolute atomic E-state index is 0.119. The number of rotatable bonds is 8. The first-order valence-corrected chi connectivity index (χ1v) is 9.16. The molecule has 23 heavy (non-hydrogen) atoms. The molecule has 0 fully saturated rings. The number of nitrogens with zero attached hydrogens (tertiary/aromatic N) is 3. The summed E-state index contributed by atoms with van der Waals surface area (Å²) in [7, 11) is -4.55. The number of hydrogen-bond acceptors (Lipinski definition) is 8. The minimum atomic E-state index is -5.21. The maximum atomic E-state index is 12.3. The Hall–Kier alpha value is -1.26. The van der Waals surface area contributed by atoms with E-state index in [1.54, 1.807) is 0 Å². The summed E-state index contributed by atoms with van der Waals surface area (Å²) in [5.74, 6) is -0.119. The summed E-state index contributed by atoms with van der Waals surface area (Å²) < 4.78 is 37.7. The van der Waals surface area contributed by atoms with Crippen LogP contribution in [0.3, 0.4) is 0 Å². The van der Waals surface area contributed by atoms with Crippen molar-refractivity contribution in [1.82, 2.24) is 9.71 Å². The van der Waals surface area contributed by atoms with Crippen LogP contribution in [0, 0.1) is 0 Å². The van der Waals surface area contributed by atoms with Gasteiger partial charge in [0.15, 0.2) is 0 Å². The molecule has 0 radical (unpaired) electrons. The van der Waals surface area contributed by atoms with Crippen LogP contribution in [0.1, 0.15) is 0 Å². The van der Waals surface area contributed by atoms with Crippen LogP contribution in [-0.2, 0) is 18.0 Å². The highest BCUT2D eigenvalue weighted by Gasteiger charge is 2.39. The second kappa shape index (κ2) is 7.10. The molecule has 0 spiro atoms. The van der Waals surface area contributed by atoms with Gasteiger partial charge < -0.3 is 24.6 Å². The summed E-state index contributed by atoms with van der Waals surface area (Å²) in [6, 6.07) is 1.15. The number of phosphoric acid groups is 2. The van der Waals surface area contributed by atoms with Crippen molar-refractivity contribution in [3.63, 3.8) is 0 Å². The van der Waals surface area contributed by atoms with Gasteiger partial charge in [0.1, 0.15) is 19.0 Å². The van der Waals surface area contributed by atoms with E-state index in [-0.39, 0.29) is 12.4 Å². The van der Waals surface area contributed by atoms with Crippen molar-refractivity contribution >= 4 is 21.5 Å². The van der Waals surface area contributed by atoms with Gasteiger partial charge in [-0.05, 0) is 0 Å². The molecule has 12 nitrogen and oxygen atoms in total. The molecular weight excluding hydrogens is 354 g/mol. The van der Waals surface area contributed by atoms with Crippen LogP contribution in [0.15, 0.2) is 17.1 Å². The lowest BCUT2D eigenvalue weighted by Gasteiger charge is -2.24. The first-order valence-electron chi connectivity index (χ1n) is 6.17. The van der Waals surface area contributed by atoms with Crippen LogP contribution in [0.5, 0.6) is 0 Å². The van der Waals surface area contributed by atoms with E-state index in [4.69, 9.17) is 20.0 Å². The zero-order valence-corrected chi connectivity index (χ0v) is 14.5. The largest absolute Gasteiger partial charge is 0.558 e. The van der Waals surface area contributed by atoms with Crippen molar-refractivity contribution in [2.24, 2.45) is 0 Å². The zero-order valence-electron chi connectivity index (χ0n) is 12.7. The molecule has 0 aliphatic rings. The first kappa shape index (κ1) is 19.8. The molecule has 0 aliphatic carbocycles. The molecule has 1 rings (SSSR count). The highest BCUT2D eigenvalue weighted by Crippen LogP contribution is 2.58. The summed E-state index contributed by atoms with van der Waals surface area (Å²) in [5.41, 5.74) is 4.22. The molecule has 0 aromatic carbocycles. The summed E-state index contributed by atoms with van der Waals surface area (Å²) in [6.45, 7) is 0.116. The number of anilines is 1. The van der Waals surface area contributed by atoms with Gasteiger partial charge in [0, 0.05) is 6.07 Å². The lowest BCUT2D eigenvalue weighted by molar-refractivity contribution is -0.870. The third-order valence-corrected chi connectivity index (χ3v) is 4.73. The highest BCUT2D eigenvalue weighted by atomic mass is 31.3. The molecule has 4 N–H and O–H groups in total. The Morgan fingerprint density at radius 3 is 2.43 bits per heavy atom. The number of nitrogen functional groups attached to an aromatic ring is 1. The smallest absolute Gasteiger partial charge is 0.383 e. The Morgan fingerprint density at radius 1 is 1.35 bits per heavy atom. The first-order chi connectivity index (χ1) is 10.3. The lowest BCUT2D eigenvalue weighted by atomic mass is 10.5. The van der Waals surface area contributed by atoms with Gasteiger partial charge >= 0.3 is 21.3 Å². The fraction of sp³-hybridized carbons (Fsp3) is 0.556. The van der Waals surface area contributed by atoms with E-state index in [1.165, 1.54) is 0 Å². The van der Waals surface area contributed by atoms with E-state index in [9.17, 15) is 13.9 Å². The molecule has 14 heteroatoms. The van der Waals surface area contributed by atoms with Gasteiger partial charge in [-0.2, -0.15) is 9.29 Å². The Morgan fingerprint density at radius 2 is 1.96 bits per heavy atom. The fourth-order valence-corrected chi connectivity index (χ4v) is 3.24. The molecule has 0 amide bonds. The van der Waals surface area contributed by atoms with Crippen LogP contribution < -0.4 is 16.0 Å². The Bertz CT molecular complexity index is 694. The molecular formula is C9H19N4O8P2+. The van der Waals surface area contributed by atoms with E-state index >= 15 is 0 Å². The number of nitrogens with two attached hydrogens (primary N) is 1. The van der Waals surface area contributed by atoms with Crippen LogP contribution in [0.25, 0.3) is 0 Å². The topological polar surface area (TPSA) is 163 Å². The molecule has 1 unspecified atom stereocenters. The molecule has 0 bridgehead atoms. The lowest BCUT2D eigenvalue weighted by Crippen LogP contribution is -2.37. The molecule has 1 aromatic heterocycles. The van der Waals surface area contributed by atoms with E-state index in [2.05, 4.69) is 13.9 Å². The number of aromatic nitrogens is 2. The summed E-state index contributed by atoms with van der Waals surface area (Å²) in [5, 5.41) is 0. The molecule has 1 heterocycles. The van der Waals surface area contributed by atoms with E-state index in [1.807, 2.05) is 21.1 Å². The highest BCUT2D eigenvalue weighted by molar-refractivity contribution is 7.61. The van der Waals surface area contributed by atoms with Gasteiger partial charge in [0.2, 0.25) is 0 Å². The van der Waals surface area contributed by atoms with E-state index in [0.717, 1.165) is 12.3 Å². The van der Waals surface area contributed by atoms with Crippen molar-refractivity contribution in [2.45, 2.75) is 0 Å². The third-order valence-electron chi connectivity index (χ3n) is 2.20. The predicted molar refractivity (Wildman–Crippen MR) is 79.1 cm³/mol. The number of hydrogen-bond donors (Lipinski definition) is 3. The molecule has 1 atom stereocenters. The fourth-order valence-electron chi connectivity index (χ4n) is 1.19. The van der Waals surface area contributed by atoms with Gasteiger partial charge in [-0.25, -0.2) is 13.9 Å². The van der Waals surface area contributed by atoms with E-state index < -0.39 is 21.3 Å². The predicted octanol–water partition coefficient (Wildman–Crippen LogP) is -0.806. The van der Waals surface area contributed by atoms with Gasteiger partial charge in [-0.15, -0.1) is 4.73 Å². The second-order valence-corrected chi connectivity index (χ2v) is 8.36. The Labute approximate surface area is 131 Å². The standard InChI is InChI=1S/C9H18N4O8P2/c1-13(2,3)6-7-19-23(18,21-22(15,16)17)20-12-5-4-8(10)11-9(12)14/h4-5H,6-7H2,1-3H3,(H3-,10,11,14,15,16,17)/p+1. The van der Waals surface area contributed by atoms with Crippen molar-refractivity contribution in [3.8, 4) is 0 Å². The molecule has 1 aromatic rings. The van der Waals surface area contributed by atoms with Crippen LogP contribution in [0.2, 0.25) is 0 Å². The van der Waals surface area contributed by atoms with Crippen LogP contribution in [-0.4, -0.2) is 58.3 Å². The monoisotopic (exact) mass is 373 g/mol. The quantitative estimate of drug-likeness (QED) is 0.388. The molecule has 132 valence electrons. The maximum absolute atomic E-state index is 12.3. The van der Waals surface area contributed by atoms with Crippen molar-refractivity contribution in [3.05, 3.63) is 22.7 Å². The summed E-state index contributed by atoms with van der Waals surface area (Å²) in [4.78, 5) is 32.5. The number of likely N-dealkylation sites (N-methyl/N-ethyl adjacent to an activating group) is 1. The van der Waals surface area contributed by atoms with Crippen LogP contribution >= 0.6 is 15.6 Å². The zero-order chi connectivity index (χ0) is 17.9. The summed E-state index contributed by atoms with van der Waals surface area (Å²) in [6.07, 6.45) is 0.962. The van der Waals surface area contributed by atoms with Gasteiger partial charge in [0.25, 0.3) is 0 Å². The van der Waals surface area contributed by atoms with E-state index in [0.29, 0.717) is 15.8 Å². The second-order valence-electron chi connectivity index (χ2n) is 5.41. The van der Waals surface area contributed by atoms with Gasteiger partial charge in [-0.1, -0.05) is 0 Å². The van der Waals surface area contributed by atoms with Crippen molar-refractivity contribution in [2.75, 3.05) is 40.0 Å². The maximum Gasteiger partial charge on any atom is 0.558 e. The van der Waals surface area contributed by atoms with Crippen molar-refractivity contribution < 1.29 is 36.9 Å². The summed E-state index contributed by atoms with van der Waals surface area (Å²) >= 11 is 0. The van der Waals surface area contributed by atoms with Gasteiger partial charge in [-0.3, -0.25) is 4.52 Å². The number of quaternary nitrogens is 1. The Balaban J connectivity index is 2.97. The SMILES string of the molecule is C[N+](C)(C)CCOP(=O)(On1ccc(N)nc1=O)OP(=O)(O)O. The van der Waals surface area contributed by atoms with Crippen molar-refractivity contribution in [1.29, 1.82) is 0 Å². The molecule has 0 aliphatic heterocycles. The average molecular weight is 373 g/mol.